The number of para-hydroxylation sites is 1. The Labute approximate surface area is 370 Å². The molecule has 64 heavy (non-hydrogen) atoms. The third-order valence-corrected chi connectivity index (χ3v) is 13.4. The molecular formula is C61H39NO2. The fourth-order valence-electron chi connectivity index (χ4n) is 10.6. The van der Waals surface area contributed by atoms with Crippen molar-refractivity contribution in [3.63, 3.8) is 0 Å². The molecule has 0 fully saturated rings. The lowest BCUT2D eigenvalue weighted by Crippen LogP contribution is -2.28. The molecule has 0 bridgehead atoms. The summed E-state index contributed by atoms with van der Waals surface area (Å²) in [6, 6.07) is 85.3. The van der Waals surface area contributed by atoms with Crippen molar-refractivity contribution in [2.24, 2.45) is 0 Å². The summed E-state index contributed by atoms with van der Waals surface area (Å²) in [5.41, 5.74) is 18.3. The second kappa shape index (κ2) is 14.3. The number of rotatable bonds is 7. The molecule has 13 rings (SSSR count). The molecule has 1 aliphatic rings. The van der Waals surface area contributed by atoms with Crippen LogP contribution in [0.4, 0.5) is 17.1 Å². The van der Waals surface area contributed by atoms with Crippen LogP contribution in [-0.4, -0.2) is 0 Å². The van der Waals surface area contributed by atoms with E-state index in [-0.39, 0.29) is 0 Å². The molecule has 0 radical (unpaired) electrons. The van der Waals surface area contributed by atoms with E-state index in [1.807, 2.05) is 12.1 Å². The summed E-state index contributed by atoms with van der Waals surface area (Å²) in [6.45, 7) is 0. The first-order valence-corrected chi connectivity index (χ1v) is 21.9. The lowest BCUT2D eigenvalue weighted by atomic mass is 9.67. The second-order valence-corrected chi connectivity index (χ2v) is 16.7. The van der Waals surface area contributed by atoms with E-state index in [1.54, 1.807) is 0 Å². The molecule has 2 heterocycles. The van der Waals surface area contributed by atoms with Crippen molar-refractivity contribution in [2.75, 3.05) is 4.90 Å². The van der Waals surface area contributed by atoms with Crippen LogP contribution < -0.4 is 4.90 Å². The van der Waals surface area contributed by atoms with Crippen molar-refractivity contribution < 1.29 is 8.83 Å². The molecule has 3 heteroatoms. The summed E-state index contributed by atoms with van der Waals surface area (Å²) < 4.78 is 12.9. The highest BCUT2D eigenvalue weighted by Crippen LogP contribution is 2.58. The van der Waals surface area contributed by atoms with Crippen LogP contribution in [0.25, 0.3) is 77.3 Å². The van der Waals surface area contributed by atoms with Gasteiger partial charge < -0.3 is 13.7 Å². The zero-order valence-electron chi connectivity index (χ0n) is 34.8. The largest absolute Gasteiger partial charge is 0.456 e. The highest BCUT2D eigenvalue weighted by atomic mass is 16.3. The zero-order valence-corrected chi connectivity index (χ0v) is 34.8. The summed E-state index contributed by atoms with van der Waals surface area (Å²) in [5.74, 6) is 0. The van der Waals surface area contributed by atoms with Gasteiger partial charge in [-0.3, -0.25) is 0 Å². The predicted octanol–water partition coefficient (Wildman–Crippen LogP) is 16.7. The summed E-state index contributed by atoms with van der Waals surface area (Å²) >= 11 is 0. The van der Waals surface area contributed by atoms with Gasteiger partial charge in [0.1, 0.15) is 22.3 Å². The number of nitrogens with zero attached hydrogens (tertiary/aromatic N) is 1. The van der Waals surface area contributed by atoms with E-state index >= 15 is 0 Å². The number of anilines is 3. The molecule has 0 aliphatic heterocycles. The van der Waals surface area contributed by atoms with Gasteiger partial charge in [-0.1, -0.05) is 176 Å². The van der Waals surface area contributed by atoms with Gasteiger partial charge in [-0.05, 0) is 116 Å². The second-order valence-electron chi connectivity index (χ2n) is 16.7. The maximum absolute atomic E-state index is 6.55. The van der Waals surface area contributed by atoms with Gasteiger partial charge in [-0.15, -0.1) is 0 Å². The minimum absolute atomic E-state index is 0.557. The van der Waals surface area contributed by atoms with Crippen LogP contribution >= 0.6 is 0 Å². The maximum Gasteiger partial charge on any atom is 0.136 e. The molecule has 1 unspecified atom stereocenters. The number of furan rings is 2. The standard InChI is InChI=1S/C61H39NO2/c1-4-16-40(17-5-1)47-24-14-27-54-59(47)50-23-10-12-26-53(50)61(54,42-20-8-3-9-21-42)43-30-32-44(33-31-43)62(45-34-36-56-51(38-45)49-22-11-13-28-55(49)63-56)46-35-37-57-52(39-46)60-48(25-15-29-58(60)64-57)41-18-6-2-7-19-41/h1-39H. The smallest absolute Gasteiger partial charge is 0.136 e. The number of hydrogen-bond acceptors (Lipinski definition) is 3. The Kier molecular flexibility index (Phi) is 8.13. The number of fused-ring (bicyclic) bond motifs is 9. The van der Waals surface area contributed by atoms with E-state index in [4.69, 9.17) is 8.83 Å². The van der Waals surface area contributed by atoms with Crippen LogP contribution in [0.1, 0.15) is 22.3 Å². The molecular weight excluding hydrogens is 779 g/mol. The Morgan fingerprint density at radius 2 is 0.812 bits per heavy atom. The molecule has 300 valence electrons. The van der Waals surface area contributed by atoms with E-state index in [9.17, 15) is 0 Å². The Bertz CT molecular complexity index is 3720. The van der Waals surface area contributed by atoms with Crippen molar-refractivity contribution in [2.45, 2.75) is 5.41 Å². The molecule has 1 aliphatic carbocycles. The fourth-order valence-corrected chi connectivity index (χ4v) is 10.6. The van der Waals surface area contributed by atoms with Crippen molar-refractivity contribution in [1.29, 1.82) is 0 Å². The molecule has 0 N–H and O–H groups in total. The van der Waals surface area contributed by atoms with Gasteiger partial charge >= 0.3 is 0 Å². The van der Waals surface area contributed by atoms with Crippen LogP contribution in [0.5, 0.6) is 0 Å². The van der Waals surface area contributed by atoms with Gasteiger partial charge in [0.2, 0.25) is 0 Å². The molecule has 1 atom stereocenters. The Morgan fingerprint density at radius 3 is 1.58 bits per heavy atom. The van der Waals surface area contributed by atoms with E-state index in [2.05, 4.69) is 229 Å². The average molecular weight is 818 g/mol. The predicted molar refractivity (Wildman–Crippen MR) is 264 cm³/mol. The van der Waals surface area contributed by atoms with Crippen LogP contribution in [0.2, 0.25) is 0 Å². The molecule has 0 spiro atoms. The third-order valence-electron chi connectivity index (χ3n) is 13.4. The van der Waals surface area contributed by atoms with Gasteiger partial charge in [0, 0.05) is 38.6 Å². The molecule has 0 amide bonds. The summed E-state index contributed by atoms with van der Waals surface area (Å²) in [7, 11) is 0. The zero-order chi connectivity index (χ0) is 42.2. The first-order valence-electron chi connectivity index (χ1n) is 21.9. The molecule has 0 saturated carbocycles. The minimum atomic E-state index is -0.557. The van der Waals surface area contributed by atoms with Crippen LogP contribution in [0.3, 0.4) is 0 Å². The number of hydrogen-bond donors (Lipinski definition) is 0. The fraction of sp³-hybridized carbons (Fsp3) is 0.0164. The van der Waals surface area contributed by atoms with Gasteiger partial charge in [0.25, 0.3) is 0 Å². The quantitative estimate of drug-likeness (QED) is 0.160. The summed E-state index contributed by atoms with van der Waals surface area (Å²) in [5, 5.41) is 4.35. The molecule has 0 saturated heterocycles. The molecule has 3 nitrogen and oxygen atoms in total. The topological polar surface area (TPSA) is 29.5 Å². The average Bonchev–Trinajstić information content (AvgIpc) is 4.03. The highest BCUT2D eigenvalue weighted by Gasteiger charge is 2.46. The summed E-state index contributed by atoms with van der Waals surface area (Å²) in [4.78, 5) is 2.37. The van der Waals surface area contributed by atoms with Crippen molar-refractivity contribution >= 4 is 60.9 Å². The Balaban J connectivity index is 1.04. The number of benzene rings is 10. The van der Waals surface area contributed by atoms with Gasteiger partial charge in [-0.25, -0.2) is 0 Å². The maximum atomic E-state index is 6.55. The van der Waals surface area contributed by atoms with E-state index in [0.717, 1.165) is 72.1 Å². The first kappa shape index (κ1) is 36.3. The van der Waals surface area contributed by atoms with Crippen molar-refractivity contribution in [3.05, 3.63) is 259 Å². The molecule has 2 aromatic heterocycles. The van der Waals surface area contributed by atoms with E-state index in [0.29, 0.717) is 0 Å². The molecule has 10 aromatic carbocycles. The van der Waals surface area contributed by atoms with Crippen molar-refractivity contribution in [3.8, 4) is 33.4 Å². The van der Waals surface area contributed by atoms with Crippen molar-refractivity contribution in [1.82, 2.24) is 0 Å². The normalized spacial score (nSPS) is 14.3. The highest BCUT2D eigenvalue weighted by molar-refractivity contribution is 6.14. The lowest BCUT2D eigenvalue weighted by molar-refractivity contribution is 0.668. The Hall–Kier alpha value is -8.40. The summed E-state index contributed by atoms with van der Waals surface area (Å²) in [6.07, 6.45) is 0. The van der Waals surface area contributed by atoms with E-state index < -0.39 is 5.41 Å². The first-order chi connectivity index (χ1) is 31.7. The van der Waals surface area contributed by atoms with Gasteiger partial charge in [0.05, 0.1) is 5.41 Å². The minimum Gasteiger partial charge on any atom is -0.456 e. The third kappa shape index (κ3) is 5.41. The molecule has 12 aromatic rings. The monoisotopic (exact) mass is 817 g/mol. The van der Waals surface area contributed by atoms with Crippen LogP contribution in [-0.2, 0) is 5.41 Å². The lowest BCUT2D eigenvalue weighted by Gasteiger charge is -2.34. The Morgan fingerprint density at radius 1 is 0.312 bits per heavy atom. The van der Waals surface area contributed by atoms with Gasteiger partial charge in [-0.2, -0.15) is 0 Å². The van der Waals surface area contributed by atoms with E-state index in [1.165, 1.54) is 44.5 Å². The SMILES string of the molecule is c1ccc(-c2cccc3c2-c2ccccc2C3(c2ccccc2)c2ccc(N(c3ccc4oc5ccccc5c4c3)c3ccc4oc5cccc(-c6ccccc6)c5c4c3)cc2)cc1. The van der Waals surface area contributed by atoms with Crippen LogP contribution in [0, 0.1) is 0 Å². The van der Waals surface area contributed by atoms with Gasteiger partial charge in [0.15, 0.2) is 0 Å². The van der Waals surface area contributed by atoms with Crippen LogP contribution in [0.15, 0.2) is 245 Å².